The van der Waals surface area contributed by atoms with Crippen LogP contribution in [0.5, 0.6) is 11.5 Å². The van der Waals surface area contributed by atoms with Gasteiger partial charge in [0.05, 0.1) is 7.11 Å². The van der Waals surface area contributed by atoms with Crippen LogP contribution in [0, 0.1) is 6.92 Å². The normalized spacial score (nSPS) is 11.7. The summed E-state index contributed by atoms with van der Waals surface area (Å²) in [5, 5.41) is 0. The van der Waals surface area contributed by atoms with Crippen LogP contribution in [0.1, 0.15) is 18.2 Å². The minimum absolute atomic E-state index is 0.0184. The first-order chi connectivity index (χ1) is 13.0. The lowest BCUT2D eigenvalue weighted by atomic mass is 10.1. The Morgan fingerprint density at radius 3 is 2.41 bits per heavy atom. The third kappa shape index (κ3) is 4.88. The minimum Gasteiger partial charge on any atom is -0.497 e. The van der Waals surface area contributed by atoms with E-state index in [-0.39, 0.29) is 6.61 Å². The summed E-state index contributed by atoms with van der Waals surface area (Å²) < 4.78 is 21.4. The molecule has 6 heteroatoms. The molecule has 1 heterocycles. The molecule has 27 heavy (non-hydrogen) atoms. The van der Waals surface area contributed by atoms with Crippen LogP contribution < -0.4 is 9.47 Å². The lowest BCUT2D eigenvalue weighted by molar-refractivity contribution is -0.152. The minimum atomic E-state index is -0.748. The summed E-state index contributed by atoms with van der Waals surface area (Å²) in [5.41, 5.74) is 2.57. The SMILES string of the molecule is COc1ccc(OC(C)C(=O)OCc2coc(-c3ccc(C)cc3)n2)cc1. The summed E-state index contributed by atoms with van der Waals surface area (Å²) in [7, 11) is 1.59. The van der Waals surface area contributed by atoms with Crippen LogP contribution in [0.3, 0.4) is 0 Å². The Balaban J connectivity index is 1.53. The Morgan fingerprint density at radius 1 is 1.07 bits per heavy atom. The first kappa shape index (κ1) is 18.5. The molecule has 2 aromatic carbocycles. The van der Waals surface area contributed by atoms with Gasteiger partial charge in [-0.25, -0.2) is 9.78 Å². The number of benzene rings is 2. The molecule has 1 atom stereocenters. The number of aromatic nitrogens is 1. The fraction of sp³-hybridized carbons (Fsp3) is 0.238. The topological polar surface area (TPSA) is 70.8 Å². The van der Waals surface area contributed by atoms with Gasteiger partial charge in [0.2, 0.25) is 5.89 Å². The van der Waals surface area contributed by atoms with E-state index in [0.717, 1.165) is 11.1 Å². The number of hydrogen-bond donors (Lipinski definition) is 0. The largest absolute Gasteiger partial charge is 0.497 e. The lowest BCUT2D eigenvalue weighted by Gasteiger charge is -2.13. The highest BCUT2D eigenvalue weighted by molar-refractivity contribution is 5.74. The van der Waals surface area contributed by atoms with E-state index in [1.54, 1.807) is 38.3 Å². The molecule has 0 saturated heterocycles. The fourth-order valence-electron chi connectivity index (χ4n) is 2.37. The smallest absolute Gasteiger partial charge is 0.347 e. The Bertz CT molecular complexity index is 884. The van der Waals surface area contributed by atoms with Crippen LogP contribution in [0.15, 0.2) is 59.2 Å². The fourth-order valence-corrected chi connectivity index (χ4v) is 2.37. The van der Waals surface area contributed by atoms with Crippen LogP contribution >= 0.6 is 0 Å². The van der Waals surface area contributed by atoms with E-state index in [1.165, 1.54) is 6.26 Å². The molecule has 1 unspecified atom stereocenters. The van der Waals surface area contributed by atoms with E-state index >= 15 is 0 Å². The van der Waals surface area contributed by atoms with Crippen molar-refractivity contribution in [2.75, 3.05) is 7.11 Å². The third-order valence-electron chi connectivity index (χ3n) is 3.92. The molecule has 3 rings (SSSR count). The zero-order valence-electron chi connectivity index (χ0n) is 15.5. The van der Waals surface area contributed by atoms with Gasteiger partial charge >= 0.3 is 5.97 Å². The molecule has 6 nitrogen and oxygen atoms in total. The van der Waals surface area contributed by atoms with Crippen molar-refractivity contribution in [3.63, 3.8) is 0 Å². The van der Waals surface area contributed by atoms with Crippen molar-refractivity contribution < 1.29 is 23.4 Å². The molecule has 3 aromatic rings. The monoisotopic (exact) mass is 367 g/mol. The number of carbonyl (C=O) groups is 1. The number of aryl methyl sites for hydroxylation is 1. The summed E-state index contributed by atoms with van der Waals surface area (Å²) >= 11 is 0. The van der Waals surface area contributed by atoms with Crippen LogP contribution in [0.2, 0.25) is 0 Å². The van der Waals surface area contributed by atoms with Gasteiger partial charge in [0.15, 0.2) is 6.10 Å². The molecule has 0 amide bonds. The van der Waals surface area contributed by atoms with Crippen LogP contribution in [0.4, 0.5) is 0 Å². The quantitative estimate of drug-likeness (QED) is 0.584. The highest BCUT2D eigenvalue weighted by Crippen LogP contribution is 2.20. The number of oxazole rings is 1. The number of methoxy groups -OCH3 is 1. The number of hydrogen-bond acceptors (Lipinski definition) is 6. The average Bonchev–Trinajstić information content (AvgIpc) is 3.16. The van der Waals surface area contributed by atoms with Gasteiger partial charge in [-0.3, -0.25) is 0 Å². The number of esters is 1. The highest BCUT2D eigenvalue weighted by atomic mass is 16.6. The summed E-state index contributed by atoms with van der Waals surface area (Å²) in [5.74, 6) is 1.28. The molecule has 0 fully saturated rings. The van der Waals surface area contributed by atoms with Gasteiger partial charge in [-0.05, 0) is 50.2 Å². The van der Waals surface area contributed by atoms with E-state index < -0.39 is 12.1 Å². The van der Waals surface area contributed by atoms with Crippen molar-refractivity contribution in [2.24, 2.45) is 0 Å². The van der Waals surface area contributed by atoms with Crippen molar-refractivity contribution in [2.45, 2.75) is 26.6 Å². The van der Waals surface area contributed by atoms with Gasteiger partial charge in [0, 0.05) is 5.56 Å². The standard InChI is InChI=1S/C21H21NO5/c1-14-4-6-16(7-5-14)20-22-17(12-25-20)13-26-21(23)15(2)27-19-10-8-18(24-3)9-11-19/h4-12,15H,13H2,1-3H3. The molecule has 0 aliphatic carbocycles. The average molecular weight is 367 g/mol. The zero-order chi connectivity index (χ0) is 19.2. The predicted molar refractivity (Wildman–Crippen MR) is 99.6 cm³/mol. The van der Waals surface area contributed by atoms with E-state index in [1.807, 2.05) is 31.2 Å². The first-order valence-corrected chi connectivity index (χ1v) is 8.54. The number of ether oxygens (including phenoxy) is 3. The van der Waals surface area contributed by atoms with Crippen LogP contribution in [-0.2, 0) is 16.1 Å². The maximum atomic E-state index is 12.1. The highest BCUT2D eigenvalue weighted by Gasteiger charge is 2.17. The molecule has 0 N–H and O–H groups in total. The maximum absolute atomic E-state index is 12.1. The zero-order valence-corrected chi connectivity index (χ0v) is 15.5. The van der Waals surface area contributed by atoms with Crippen LogP contribution in [0.25, 0.3) is 11.5 Å². The van der Waals surface area contributed by atoms with E-state index in [4.69, 9.17) is 18.6 Å². The molecule has 0 bridgehead atoms. The maximum Gasteiger partial charge on any atom is 0.347 e. The summed E-state index contributed by atoms with van der Waals surface area (Å²) in [6.45, 7) is 3.66. The van der Waals surface area contributed by atoms with Gasteiger partial charge in [-0.1, -0.05) is 17.7 Å². The Morgan fingerprint density at radius 2 is 1.74 bits per heavy atom. The lowest BCUT2D eigenvalue weighted by Crippen LogP contribution is -2.26. The van der Waals surface area contributed by atoms with E-state index in [0.29, 0.717) is 23.1 Å². The molecular formula is C21H21NO5. The van der Waals surface area contributed by atoms with Crippen molar-refractivity contribution >= 4 is 5.97 Å². The molecule has 0 radical (unpaired) electrons. The van der Waals surface area contributed by atoms with Gasteiger partial charge < -0.3 is 18.6 Å². The van der Waals surface area contributed by atoms with Gasteiger partial charge in [-0.2, -0.15) is 0 Å². The molecular weight excluding hydrogens is 346 g/mol. The summed E-state index contributed by atoms with van der Waals surface area (Å²) in [6.07, 6.45) is 0.735. The molecule has 1 aromatic heterocycles. The van der Waals surface area contributed by atoms with Crippen molar-refractivity contribution in [1.29, 1.82) is 0 Å². The van der Waals surface area contributed by atoms with E-state index in [2.05, 4.69) is 4.98 Å². The summed E-state index contributed by atoms with van der Waals surface area (Å²) in [4.78, 5) is 16.5. The van der Waals surface area contributed by atoms with Crippen molar-refractivity contribution in [3.05, 3.63) is 66.1 Å². The van der Waals surface area contributed by atoms with Crippen LogP contribution in [-0.4, -0.2) is 24.2 Å². The van der Waals surface area contributed by atoms with Crippen molar-refractivity contribution in [1.82, 2.24) is 4.98 Å². The Hall–Kier alpha value is -3.28. The predicted octanol–water partition coefficient (Wildman–Crippen LogP) is 4.17. The second kappa shape index (κ2) is 8.40. The number of nitrogens with zero attached hydrogens (tertiary/aromatic N) is 1. The van der Waals surface area contributed by atoms with Gasteiger partial charge in [-0.15, -0.1) is 0 Å². The molecule has 0 aliphatic rings. The summed E-state index contributed by atoms with van der Waals surface area (Å²) in [6, 6.07) is 14.8. The van der Waals surface area contributed by atoms with E-state index in [9.17, 15) is 4.79 Å². The van der Waals surface area contributed by atoms with Gasteiger partial charge in [0.1, 0.15) is 30.1 Å². The second-order valence-electron chi connectivity index (χ2n) is 6.05. The molecule has 0 saturated carbocycles. The molecule has 140 valence electrons. The van der Waals surface area contributed by atoms with Gasteiger partial charge in [0.25, 0.3) is 0 Å². The van der Waals surface area contributed by atoms with Crippen molar-refractivity contribution in [3.8, 4) is 23.0 Å². The number of carbonyl (C=O) groups excluding carboxylic acids is 1. The first-order valence-electron chi connectivity index (χ1n) is 8.54. The second-order valence-corrected chi connectivity index (χ2v) is 6.05. The molecule has 0 aliphatic heterocycles. The molecule has 0 spiro atoms. The third-order valence-corrected chi connectivity index (χ3v) is 3.92. The Kier molecular flexibility index (Phi) is 5.76. The Labute approximate surface area is 157 Å². The number of rotatable bonds is 7.